The third-order valence-electron chi connectivity index (χ3n) is 8.49. The molecular weight excluding hydrogens is 562 g/mol. The number of aliphatic hydroxyl groups is 1. The van der Waals surface area contributed by atoms with Crippen LogP contribution in [0.3, 0.4) is 0 Å². The number of halogens is 1. The lowest BCUT2D eigenvalue weighted by atomic mass is 9.79. The molecule has 2 aliphatic heterocycles. The molecule has 2 aliphatic rings. The maximum atomic E-state index is 12.8. The number of anilines is 2. The Labute approximate surface area is 243 Å². The van der Waals surface area contributed by atoms with Crippen molar-refractivity contribution in [3.8, 4) is 0 Å². The first-order chi connectivity index (χ1) is 19.5. The summed E-state index contributed by atoms with van der Waals surface area (Å²) in [5.41, 5.74) is 5.00. The fourth-order valence-electron chi connectivity index (χ4n) is 6.33. The first kappa shape index (κ1) is 25.5. The van der Waals surface area contributed by atoms with Crippen molar-refractivity contribution in [2.24, 2.45) is 0 Å². The number of aromatic nitrogens is 1. The first-order valence-corrected chi connectivity index (χ1v) is 14.8. The molecule has 7 rings (SSSR count). The maximum Gasteiger partial charge on any atom is 0.132 e. The van der Waals surface area contributed by atoms with Crippen LogP contribution < -0.4 is 9.80 Å². The summed E-state index contributed by atoms with van der Waals surface area (Å²) in [6, 6.07) is 29.8. The van der Waals surface area contributed by atoms with Crippen LogP contribution in [0, 0.1) is 0 Å². The van der Waals surface area contributed by atoms with Crippen molar-refractivity contribution in [2.75, 3.05) is 49.7 Å². The summed E-state index contributed by atoms with van der Waals surface area (Å²) in [5, 5.41) is 16.0. The van der Waals surface area contributed by atoms with E-state index in [0.717, 1.165) is 62.6 Å². The topological polar surface area (TPSA) is 48.8 Å². The summed E-state index contributed by atoms with van der Waals surface area (Å²) in [4.78, 5) is 9.97. The van der Waals surface area contributed by atoms with Crippen molar-refractivity contribution in [3.05, 3.63) is 112 Å². The number of fused-ring (bicyclic) bond motifs is 2. The van der Waals surface area contributed by atoms with Crippen molar-refractivity contribution >= 4 is 49.1 Å². The van der Waals surface area contributed by atoms with E-state index in [4.69, 9.17) is 9.72 Å². The molecule has 1 atom stereocenters. The van der Waals surface area contributed by atoms with Gasteiger partial charge < -0.3 is 19.6 Å². The molecule has 3 heterocycles. The van der Waals surface area contributed by atoms with Crippen molar-refractivity contribution in [1.82, 2.24) is 4.98 Å². The van der Waals surface area contributed by atoms with Gasteiger partial charge in [0.1, 0.15) is 11.4 Å². The van der Waals surface area contributed by atoms with Gasteiger partial charge in [-0.3, -0.25) is 0 Å². The van der Waals surface area contributed by atoms with E-state index in [2.05, 4.69) is 118 Å². The van der Waals surface area contributed by atoms with Crippen LogP contribution in [0.4, 0.5) is 11.5 Å². The molecule has 40 heavy (non-hydrogen) atoms. The van der Waals surface area contributed by atoms with Crippen LogP contribution in [0.15, 0.2) is 89.4 Å². The highest BCUT2D eigenvalue weighted by atomic mass is 79.9. The van der Waals surface area contributed by atoms with E-state index in [1.807, 2.05) is 0 Å². The number of benzene rings is 4. The van der Waals surface area contributed by atoms with E-state index < -0.39 is 5.60 Å². The molecule has 1 fully saturated rings. The smallest absolute Gasteiger partial charge is 0.132 e. The fraction of sp³-hybridized carbons (Fsp3) is 0.265. The first-order valence-electron chi connectivity index (χ1n) is 14.0. The molecule has 1 N–H and O–H groups in total. The second-order valence-electron chi connectivity index (χ2n) is 11.0. The molecule has 4 aromatic carbocycles. The lowest BCUT2D eigenvalue weighted by Crippen LogP contribution is -2.38. The molecule has 1 aromatic heterocycles. The van der Waals surface area contributed by atoms with Crippen molar-refractivity contribution in [3.63, 3.8) is 0 Å². The van der Waals surface area contributed by atoms with Gasteiger partial charge in [0, 0.05) is 60.6 Å². The lowest BCUT2D eigenvalue weighted by Gasteiger charge is -2.36. The van der Waals surface area contributed by atoms with Crippen LogP contribution in [-0.4, -0.2) is 50.0 Å². The van der Waals surface area contributed by atoms with Gasteiger partial charge in [0.15, 0.2) is 0 Å². The van der Waals surface area contributed by atoms with Gasteiger partial charge in [-0.15, -0.1) is 0 Å². The predicted molar refractivity (Wildman–Crippen MR) is 167 cm³/mol. The third-order valence-corrected chi connectivity index (χ3v) is 8.95. The largest absolute Gasteiger partial charge is 0.380 e. The van der Waals surface area contributed by atoms with Crippen LogP contribution >= 0.6 is 15.9 Å². The highest BCUT2D eigenvalue weighted by Gasteiger charge is 2.37. The number of hydrogen-bond acceptors (Lipinski definition) is 5. The quantitative estimate of drug-likeness (QED) is 0.253. The van der Waals surface area contributed by atoms with Crippen LogP contribution in [0.1, 0.15) is 28.7 Å². The summed E-state index contributed by atoms with van der Waals surface area (Å²) in [7, 11) is 2.10. The minimum Gasteiger partial charge on any atom is -0.380 e. The number of morpholine rings is 1. The van der Waals surface area contributed by atoms with Gasteiger partial charge in [-0.2, -0.15) is 0 Å². The van der Waals surface area contributed by atoms with Gasteiger partial charge in [0.05, 0.1) is 18.7 Å². The second kappa shape index (κ2) is 10.2. The van der Waals surface area contributed by atoms with E-state index in [9.17, 15) is 5.11 Å². The Balaban J connectivity index is 1.47. The van der Waals surface area contributed by atoms with Crippen LogP contribution in [0.5, 0.6) is 0 Å². The Bertz CT molecular complexity index is 1720. The molecule has 0 saturated carbocycles. The van der Waals surface area contributed by atoms with Crippen molar-refractivity contribution < 1.29 is 9.84 Å². The summed E-state index contributed by atoms with van der Waals surface area (Å²) < 4.78 is 6.62. The number of ether oxygens (including phenoxy) is 1. The van der Waals surface area contributed by atoms with Gasteiger partial charge in [0.25, 0.3) is 0 Å². The van der Waals surface area contributed by atoms with E-state index in [1.54, 1.807) is 0 Å². The standard InChI is InChI=1S/C34H32BrN3O2/c1-37-13-12-34(39,30-9-5-8-24-10-11-28(37)22-29(24)30)31-21-27(35)20-25-19-26(18-23-6-3-2-4-7-23)33(36-32(25)31)38-14-16-40-17-15-38/h2-11,19-22,39H,12-18H2,1H3. The van der Waals surface area contributed by atoms with Crippen LogP contribution in [-0.2, 0) is 16.8 Å². The van der Waals surface area contributed by atoms with Crippen molar-refractivity contribution in [2.45, 2.75) is 18.4 Å². The molecule has 1 unspecified atom stereocenters. The molecular formula is C34H32BrN3O2. The summed E-state index contributed by atoms with van der Waals surface area (Å²) in [6.45, 7) is 3.69. The second-order valence-corrected chi connectivity index (χ2v) is 11.9. The van der Waals surface area contributed by atoms with Crippen molar-refractivity contribution in [1.29, 1.82) is 0 Å². The lowest BCUT2D eigenvalue weighted by molar-refractivity contribution is 0.0759. The Morgan fingerprint density at radius 2 is 1.70 bits per heavy atom. The number of nitrogens with zero attached hydrogens (tertiary/aromatic N) is 3. The van der Waals surface area contributed by atoms with E-state index >= 15 is 0 Å². The number of hydrogen-bond donors (Lipinski definition) is 1. The Kier molecular flexibility index (Phi) is 6.50. The van der Waals surface area contributed by atoms with Crippen LogP contribution in [0.2, 0.25) is 0 Å². The zero-order valence-corrected chi connectivity index (χ0v) is 24.2. The van der Waals surface area contributed by atoms with Gasteiger partial charge in [-0.1, -0.05) is 70.5 Å². The molecule has 1 saturated heterocycles. The highest BCUT2D eigenvalue weighted by Crippen LogP contribution is 2.44. The molecule has 0 radical (unpaired) electrons. The molecule has 5 nitrogen and oxygen atoms in total. The minimum atomic E-state index is -1.22. The predicted octanol–water partition coefficient (Wildman–Crippen LogP) is 6.65. The monoisotopic (exact) mass is 593 g/mol. The highest BCUT2D eigenvalue weighted by molar-refractivity contribution is 9.10. The fourth-order valence-corrected chi connectivity index (χ4v) is 6.80. The summed E-state index contributed by atoms with van der Waals surface area (Å²) >= 11 is 3.78. The van der Waals surface area contributed by atoms with Gasteiger partial charge in [-0.05, 0) is 57.8 Å². The van der Waals surface area contributed by atoms with Gasteiger partial charge >= 0.3 is 0 Å². The Morgan fingerprint density at radius 1 is 0.875 bits per heavy atom. The maximum absolute atomic E-state index is 12.8. The van der Waals surface area contributed by atoms with E-state index in [0.29, 0.717) is 26.2 Å². The Hall–Kier alpha value is -3.45. The number of rotatable bonds is 4. The molecule has 0 amide bonds. The SMILES string of the molecule is CN1CCC(O)(c2cc(Br)cc3cc(Cc4ccccc4)c(N4CCOCC4)nc23)c2cccc3ccc1cc23. The molecule has 0 spiro atoms. The van der Waals surface area contributed by atoms with E-state index in [1.165, 1.54) is 16.8 Å². The summed E-state index contributed by atoms with van der Waals surface area (Å²) in [5.74, 6) is 0.981. The average molecular weight is 595 g/mol. The molecule has 0 aliphatic carbocycles. The zero-order chi connectivity index (χ0) is 27.3. The van der Waals surface area contributed by atoms with Crippen LogP contribution in [0.25, 0.3) is 21.7 Å². The van der Waals surface area contributed by atoms with Gasteiger partial charge in [0.2, 0.25) is 0 Å². The molecule has 2 bridgehead atoms. The number of pyridine rings is 1. The zero-order valence-electron chi connectivity index (χ0n) is 22.6. The van der Waals surface area contributed by atoms with Gasteiger partial charge in [-0.25, -0.2) is 4.98 Å². The van der Waals surface area contributed by atoms with E-state index in [-0.39, 0.29) is 0 Å². The normalized spacial score (nSPS) is 19.3. The average Bonchev–Trinajstić information content (AvgIpc) is 2.99. The third kappa shape index (κ3) is 4.44. The summed E-state index contributed by atoms with van der Waals surface area (Å²) in [6.07, 6.45) is 1.34. The molecule has 202 valence electrons. The molecule has 6 heteroatoms. The Morgan fingerprint density at radius 3 is 2.52 bits per heavy atom. The molecule has 5 aromatic rings. The minimum absolute atomic E-state index is 0.553.